The molecule has 0 radical (unpaired) electrons. The van der Waals surface area contributed by atoms with Crippen molar-refractivity contribution in [3.63, 3.8) is 0 Å². The molecule has 1 aromatic heterocycles. The van der Waals surface area contributed by atoms with Crippen molar-refractivity contribution in [1.29, 1.82) is 0 Å². The molecule has 1 heterocycles. The zero-order chi connectivity index (χ0) is 13.4. The van der Waals surface area contributed by atoms with Gasteiger partial charge in [-0.25, -0.2) is 9.97 Å². The average molecular weight is 250 g/mol. The molecule has 1 amide bonds. The quantitative estimate of drug-likeness (QED) is 0.758. The molecule has 0 bridgehead atoms. The van der Waals surface area contributed by atoms with Crippen molar-refractivity contribution in [3.05, 3.63) is 23.8 Å². The molecule has 0 spiro atoms. The number of hydrogen-bond donors (Lipinski definition) is 2. The van der Waals surface area contributed by atoms with E-state index in [1.165, 1.54) is 0 Å². The second-order valence-electron chi connectivity index (χ2n) is 4.73. The molecule has 2 N–H and O–H groups in total. The van der Waals surface area contributed by atoms with Gasteiger partial charge in [0, 0.05) is 19.3 Å². The number of aromatic nitrogens is 2. The van der Waals surface area contributed by atoms with Crippen molar-refractivity contribution in [2.45, 2.75) is 33.7 Å². The summed E-state index contributed by atoms with van der Waals surface area (Å²) in [5, 5.41) is 5.94. The molecule has 0 aliphatic carbocycles. The van der Waals surface area contributed by atoms with Crippen LogP contribution in [0.5, 0.6) is 0 Å². The maximum Gasteiger partial charge on any atom is 0.233 e. The van der Waals surface area contributed by atoms with Crippen LogP contribution in [0.25, 0.3) is 0 Å². The number of amides is 1. The van der Waals surface area contributed by atoms with Crippen LogP contribution < -0.4 is 10.6 Å². The highest BCUT2D eigenvalue weighted by Gasteiger charge is 2.02. The summed E-state index contributed by atoms with van der Waals surface area (Å²) in [7, 11) is 0. The molecule has 1 aromatic rings. The van der Waals surface area contributed by atoms with Gasteiger partial charge in [0.15, 0.2) is 0 Å². The van der Waals surface area contributed by atoms with Gasteiger partial charge in [0.1, 0.15) is 5.82 Å². The van der Waals surface area contributed by atoms with E-state index in [9.17, 15) is 4.79 Å². The largest absolute Gasteiger partial charge is 0.355 e. The third-order valence-corrected chi connectivity index (χ3v) is 2.47. The normalized spacial score (nSPS) is 10.7. The highest BCUT2D eigenvalue weighted by atomic mass is 16.1. The van der Waals surface area contributed by atoms with Crippen LogP contribution in [0.3, 0.4) is 0 Å². The highest BCUT2D eigenvalue weighted by molar-refractivity contribution is 5.77. The molecule has 0 unspecified atom stereocenters. The molecule has 0 saturated carbocycles. The van der Waals surface area contributed by atoms with Gasteiger partial charge in [0.2, 0.25) is 5.91 Å². The van der Waals surface area contributed by atoms with Crippen LogP contribution in [0.4, 0.5) is 0 Å². The Hall–Kier alpha value is -1.49. The first-order chi connectivity index (χ1) is 8.58. The fourth-order valence-electron chi connectivity index (χ4n) is 1.47. The van der Waals surface area contributed by atoms with Crippen molar-refractivity contribution < 1.29 is 4.79 Å². The minimum Gasteiger partial charge on any atom is -0.355 e. The summed E-state index contributed by atoms with van der Waals surface area (Å²) < 4.78 is 0. The Morgan fingerprint density at radius 3 is 2.89 bits per heavy atom. The van der Waals surface area contributed by atoms with E-state index >= 15 is 0 Å². The zero-order valence-electron chi connectivity index (χ0n) is 11.4. The van der Waals surface area contributed by atoms with Crippen LogP contribution in [0.15, 0.2) is 12.3 Å². The van der Waals surface area contributed by atoms with Gasteiger partial charge in [0.25, 0.3) is 0 Å². The fraction of sp³-hybridized carbons (Fsp3) is 0.615. The molecular weight excluding hydrogens is 228 g/mol. The van der Waals surface area contributed by atoms with Crippen molar-refractivity contribution in [2.75, 3.05) is 13.1 Å². The number of hydrogen-bond acceptors (Lipinski definition) is 4. The number of aryl methyl sites for hydroxylation is 1. The van der Waals surface area contributed by atoms with Crippen molar-refractivity contribution in [3.8, 4) is 0 Å². The first kappa shape index (κ1) is 14.6. The van der Waals surface area contributed by atoms with Crippen molar-refractivity contribution >= 4 is 5.91 Å². The predicted molar refractivity (Wildman–Crippen MR) is 70.9 cm³/mol. The second-order valence-corrected chi connectivity index (χ2v) is 4.73. The Labute approximate surface area is 108 Å². The molecule has 0 aliphatic heterocycles. The Morgan fingerprint density at radius 2 is 2.22 bits per heavy atom. The van der Waals surface area contributed by atoms with E-state index in [0.29, 0.717) is 19.0 Å². The molecule has 0 aliphatic rings. The van der Waals surface area contributed by atoms with E-state index in [0.717, 1.165) is 24.5 Å². The number of rotatable bonds is 7. The lowest BCUT2D eigenvalue weighted by Gasteiger charge is -2.08. The SMILES string of the molecule is Cc1nccc(CNCC(=O)NCCC(C)C)n1. The average Bonchev–Trinajstić information content (AvgIpc) is 2.28. The van der Waals surface area contributed by atoms with Gasteiger partial charge in [-0.3, -0.25) is 4.79 Å². The predicted octanol–water partition coefficient (Wildman–Crippen LogP) is 1.04. The minimum atomic E-state index is 0.0291. The van der Waals surface area contributed by atoms with Gasteiger partial charge in [-0.2, -0.15) is 0 Å². The van der Waals surface area contributed by atoms with Gasteiger partial charge in [-0.1, -0.05) is 13.8 Å². The molecule has 5 heteroatoms. The first-order valence-electron chi connectivity index (χ1n) is 6.34. The third-order valence-electron chi connectivity index (χ3n) is 2.47. The Balaban J connectivity index is 2.15. The molecule has 0 saturated heterocycles. The summed E-state index contributed by atoms with van der Waals surface area (Å²) in [4.78, 5) is 19.7. The van der Waals surface area contributed by atoms with Gasteiger partial charge in [0.05, 0.1) is 12.2 Å². The van der Waals surface area contributed by atoms with E-state index in [-0.39, 0.29) is 5.91 Å². The zero-order valence-corrected chi connectivity index (χ0v) is 11.4. The van der Waals surface area contributed by atoms with Gasteiger partial charge >= 0.3 is 0 Å². The topological polar surface area (TPSA) is 66.9 Å². The fourth-order valence-corrected chi connectivity index (χ4v) is 1.47. The van der Waals surface area contributed by atoms with Crippen molar-refractivity contribution in [2.24, 2.45) is 5.92 Å². The second kappa shape index (κ2) is 7.76. The van der Waals surface area contributed by atoms with E-state index in [4.69, 9.17) is 0 Å². The third kappa shape index (κ3) is 6.30. The van der Waals surface area contributed by atoms with Crippen LogP contribution in [0, 0.1) is 12.8 Å². The Kier molecular flexibility index (Phi) is 6.28. The monoisotopic (exact) mass is 250 g/mol. The maximum atomic E-state index is 11.5. The van der Waals surface area contributed by atoms with Crippen LogP contribution in [0.2, 0.25) is 0 Å². The van der Waals surface area contributed by atoms with Crippen LogP contribution in [-0.4, -0.2) is 29.0 Å². The summed E-state index contributed by atoms with van der Waals surface area (Å²) >= 11 is 0. The summed E-state index contributed by atoms with van der Waals surface area (Å²) in [5.74, 6) is 1.39. The molecular formula is C13H22N4O. The van der Waals surface area contributed by atoms with Gasteiger partial charge in [-0.15, -0.1) is 0 Å². The van der Waals surface area contributed by atoms with Crippen LogP contribution in [-0.2, 0) is 11.3 Å². The summed E-state index contributed by atoms with van der Waals surface area (Å²) in [6.45, 7) is 7.78. The summed E-state index contributed by atoms with van der Waals surface area (Å²) in [6.07, 6.45) is 2.74. The van der Waals surface area contributed by atoms with Gasteiger partial charge < -0.3 is 10.6 Å². The van der Waals surface area contributed by atoms with Gasteiger partial charge in [-0.05, 0) is 25.3 Å². The minimum absolute atomic E-state index is 0.0291. The highest BCUT2D eigenvalue weighted by Crippen LogP contribution is 1.96. The maximum absolute atomic E-state index is 11.5. The molecule has 1 rings (SSSR count). The number of nitrogens with zero attached hydrogens (tertiary/aromatic N) is 2. The summed E-state index contributed by atoms with van der Waals surface area (Å²) in [6, 6.07) is 1.84. The molecule has 0 atom stereocenters. The van der Waals surface area contributed by atoms with Crippen LogP contribution >= 0.6 is 0 Å². The van der Waals surface area contributed by atoms with Crippen LogP contribution in [0.1, 0.15) is 31.8 Å². The molecule has 5 nitrogen and oxygen atoms in total. The Morgan fingerprint density at radius 1 is 1.44 bits per heavy atom. The lowest BCUT2D eigenvalue weighted by atomic mass is 10.1. The molecule has 0 fully saturated rings. The number of carbonyl (C=O) groups excluding carboxylic acids is 1. The van der Waals surface area contributed by atoms with E-state index in [2.05, 4.69) is 34.4 Å². The van der Waals surface area contributed by atoms with E-state index in [1.807, 2.05) is 13.0 Å². The van der Waals surface area contributed by atoms with E-state index < -0.39 is 0 Å². The molecule has 18 heavy (non-hydrogen) atoms. The van der Waals surface area contributed by atoms with Crippen molar-refractivity contribution in [1.82, 2.24) is 20.6 Å². The van der Waals surface area contributed by atoms with E-state index in [1.54, 1.807) is 6.20 Å². The number of carbonyl (C=O) groups is 1. The smallest absolute Gasteiger partial charge is 0.233 e. The molecule has 100 valence electrons. The lowest BCUT2D eigenvalue weighted by Crippen LogP contribution is -2.34. The molecule has 0 aromatic carbocycles. The standard InChI is InChI=1S/C13H22N4O/c1-10(2)4-6-16-13(18)9-14-8-12-5-7-15-11(3)17-12/h5,7,10,14H,4,6,8-9H2,1-3H3,(H,16,18). The number of nitrogens with one attached hydrogen (secondary N) is 2. The summed E-state index contributed by atoms with van der Waals surface area (Å²) in [5.41, 5.74) is 0.900. The first-order valence-corrected chi connectivity index (χ1v) is 6.34. The lowest BCUT2D eigenvalue weighted by molar-refractivity contribution is -0.120. The Bertz CT molecular complexity index is 379.